The lowest BCUT2D eigenvalue weighted by molar-refractivity contribution is -0.136. The molecule has 1 atom stereocenters. The van der Waals surface area contributed by atoms with Crippen molar-refractivity contribution in [2.45, 2.75) is 30.5 Å². The van der Waals surface area contributed by atoms with Crippen molar-refractivity contribution in [3.05, 3.63) is 103 Å². The van der Waals surface area contributed by atoms with E-state index in [0.29, 0.717) is 54.7 Å². The van der Waals surface area contributed by atoms with Crippen LogP contribution in [0.1, 0.15) is 29.7 Å². The molecule has 1 N–H and O–H groups in total. The summed E-state index contributed by atoms with van der Waals surface area (Å²) in [5, 5.41) is 9.31. The van der Waals surface area contributed by atoms with Crippen molar-refractivity contribution < 1.29 is 23.4 Å². The van der Waals surface area contributed by atoms with Crippen molar-refractivity contribution in [3.63, 3.8) is 0 Å². The molecule has 0 fully saturated rings. The first kappa shape index (κ1) is 30.2. The number of hydrogen-bond acceptors (Lipinski definition) is 8. The van der Waals surface area contributed by atoms with Gasteiger partial charge in [-0.1, -0.05) is 59.2 Å². The summed E-state index contributed by atoms with van der Waals surface area (Å²) in [5.41, 5.74) is 2.73. The summed E-state index contributed by atoms with van der Waals surface area (Å²) in [7, 11) is 2.81. The number of hydrogen-bond donors (Lipinski definition) is 1. The molecule has 218 valence electrons. The highest BCUT2D eigenvalue weighted by molar-refractivity contribution is 9.10. The SMILES string of the molecule is COC(=O)C1=C(C)Nc2nc(SCc3ccccc3Cl)nn2C1c1cc(Br)c(OCc2c(F)cccc2Cl)c(OC)c1. The van der Waals surface area contributed by atoms with Crippen LogP contribution in [-0.4, -0.2) is 35.0 Å². The van der Waals surface area contributed by atoms with Gasteiger partial charge in [0.2, 0.25) is 11.1 Å². The summed E-state index contributed by atoms with van der Waals surface area (Å²) < 4.78 is 33.3. The van der Waals surface area contributed by atoms with E-state index < -0.39 is 17.8 Å². The first-order valence-corrected chi connectivity index (χ1v) is 15.1. The number of ether oxygens (including phenoxy) is 3. The third-order valence-corrected chi connectivity index (χ3v) is 8.74. The third kappa shape index (κ3) is 6.10. The fraction of sp³-hybridized carbons (Fsp3) is 0.207. The molecule has 4 aromatic rings. The quantitative estimate of drug-likeness (QED) is 0.140. The number of benzene rings is 3. The molecule has 42 heavy (non-hydrogen) atoms. The van der Waals surface area contributed by atoms with Gasteiger partial charge in [-0.05, 0) is 64.3 Å². The predicted octanol–water partition coefficient (Wildman–Crippen LogP) is 7.83. The van der Waals surface area contributed by atoms with Crippen LogP contribution in [0.5, 0.6) is 11.5 Å². The molecule has 0 saturated heterocycles. The molecule has 0 saturated carbocycles. The number of methoxy groups -OCH3 is 2. The van der Waals surface area contributed by atoms with Crippen molar-refractivity contribution in [1.82, 2.24) is 14.8 Å². The monoisotopic (exact) mass is 692 g/mol. The van der Waals surface area contributed by atoms with E-state index in [0.717, 1.165) is 5.56 Å². The Balaban J connectivity index is 1.51. The molecule has 0 radical (unpaired) electrons. The Bertz CT molecular complexity index is 1680. The average molecular weight is 694 g/mol. The highest BCUT2D eigenvalue weighted by Crippen LogP contribution is 2.44. The number of thioether (sulfide) groups is 1. The van der Waals surface area contributed by atoms with Crippen molar-refractivity contribution in [2.24, 2.45) is 0 Å². The summed E-state index contributed by atoms with van der Waals surface area (Å²) in [4.78, 5) is 17.7. The maximum atomic E-state index is 14.4. The Hall–Kier alpha value is -3.25. The topological polar surface area (TPSA) is 87.5 Å². The number of esters is 1. The van der Waals surface area contributed by atoms with Gasteiger partial charge < -0.3 is 19.5 Å². The number of carbonyl (C=O) groups excluding carboxylic acids is 1. The van der Waals surface area contributed by atoms with Crippen LogP contribution in [0.2, 0.25) is 10.0 Å². The minimum atomic E-state index is -0.712. The van der Waals surface area contributed by atoms with Crippen LogP contribution >= 0.6 is 50.9 Å². The summed E-state index contributed by atoms with van der Waals surface area (Å²) >= 11 is 17.5. The summed E-state index contributed by atoms with van der Waals surface area (Å²) in [6.45, 7) is 1.65. The normalized spacial score (nSPS) is 14.3. The van der Waals surface area contributed by atoms with Crippen molar-refractivity contribution in [3.8, 4) is 11.5 Å². The van der Waals surface area contributed by atoms with Gasteiger partial charge in [-0.15, -0.1) is 5.10 Å². The van der Waals surface area contributed by atoms with Gasteiger partial charge in [-0.2, -0.15) is 4.98 Å². The van der Waals surface area contributed by atoms with Crippen LogP contribution in [-0.2, 0) is 21.9 Å². The van der Waals surface area contributed by atoms with E-state index in [9.17, 15) is 9.18 Å². The number of aromatic nitrogens is 3. The number of carbonyl (C=O) groups is 1. The number of nitrogens with one attached hydrogen (secondary N) is 1. The number of allylic oxidation sites excluding steroid dienone is 1. The van der Waals surface area contributed by atoms with Crippen LogP contribution in [0.4, 0.5) is 10.3 Å². The molecule has 5 rings (SSSR count). The van der Waals surface area contributed by atoms with Crippen molar-refractivity contribution in [1.29, 1.82) is 0 Å². The zero-order valence-electron chi connectivity index (χ0n) is 22.6. The molecule has 0 aliphatic carbocycles. The van der Waals surface area contributed by atoms with Gasteiger partial charge in [0, 0.05) is 22.0 Å². The van der Waals surface area contributed by atoms with Crippen LogP contribution in [0.25, 0.3) is 0 Å². The van der Waals surface area contributed by atoms with E-state index in [1.165, 1.54) is 38.1 Å². The number of rotatable bonds is 9. The van der Waals surface area contributed by atoms with Gasteiger partial charge in [-0.25, -0.2) is 13.9 Å². The third-order valence-electron chi connectivity index (χ3n) is 6.54. The molecular weight excluding hydrogens is 670 g/mol. The Morgan fingerprint density at radius 3 is 2.62 bits per heavy atom. The fourth-order valence-corrected chi connectivity index (χ4v) is 6.39. The molecule has 1 aliphatic rings. The minimum Gasteiger partial charge on any atom is -0.493 e. The number of fused-ring (bicyclic) bond motifs is 1. The lowest BCUT2D eigenvalue weighted by Crippen LogP contribution is -2.29. The molecule has 0 bridgehead atoms. The smallest absolute Gasteiger partial charge is 0.338 e. The maximum absolute atomic E-state index is 14.4. The molecular formula is C29H24BrCl2FN4O4S. The first-order valence-electron chi connectivity index (χ1n) is 12.5. The molecule has 1 aromatic heterocycles. The molecule has 0 spiro atoms. The molecule has 3 aromatic carbocycles. The number of anilines is 1. The lowest BCUT2D eigenvalue weighted by Gasteiger charge is -2.28. The summed E-state index contributed by atoms with van der Waals surface area (Å²) in [6, 6.07) is 14.8. The van der Waals surface area contributed by atoms with E-state index in [2.05, 4.69) is 26.2 Å². The van der Waals surface area contributed by atoms with Gasteiger partial charge in [0.05, 0.1) is 29.3 Å². The van der Waals surface area contributed by atoms with Gasteiger partial charge in [0.15, 0.2) is 11.5 Å². The van der Waals surface area contributed by atoms with E-state index >= 15 is 0 Å². The standard InChI is InChI=1S/C29H24BrCl2FN4O4S/c1-15-24(27(38)40-3)25(37-28(34-15)35-29(36-37)42-14-16-7-4-5-8-20(16)31)17-11-19(30)26(23(12-17)39-2)41-13-18-21(32)9-6-10-22(18)33/h4-12,25H,13-14H2,1-3H3,(H,34,35,36). The Morgan fingerprint density at radius 1 is 1.14 bits per heavy atom. The van der Waals surface area contributed by atoms with Gasteiger partial charge in [-0.3, -0.25) is 0 Å². The van der Waals surface area contributed by atoms with Crippen molar-refractivity contribution >= 4 is 62.8 Å². The largest absolute Gasteiger partial charge is 0.493 e. The van der Waals surface area contributed by atoms with E-state index in [1.807, 2.05) is 24.3 Å². The Kier molecular flexibility index (Phi) is 9.32. The van der Waals surface area contributed by atoms with Crippen LogP contribution in [0.15, 0.2) is 75.5 Å². The second-order valence-electron chi connectivity index (χ2n) is 9.12. The lowest BCUT2D eigenvalue weighted by atomic mass is 9.95. The van der Waals surface area contributed by atoms with Crippen LogP contribution < -0.4 is 14.8 Å². The first-order chi connectivity index (χ1) is 20.2. The molecule has 2 heterocycles. The zero-order chi connectivity index (χ0) is 30.0. The molecule has 1 unspecified atom stereocenters. The van der Waals surface area contributed by atoms with Crippen molar-refractivity contribution in [2.75, 3.05) is 19.5 Å². The minimum absolute atomic E-state index is 0.126. The summed E-state index contributed by atoms with van der Waals surface area (Å²) in [5.74, 6) is 0.695. The Labute approximate surface area is 264 Å². The van der Waals surface area contributed by atoms with Gasteiger partial charge in [0.25, 0.3) is 0 Å². The van der Waals surface area contributed by atoms with Gasteiger partial charge >= 0.3 is 5.97 Å². The van der Waals surface area contributed by atoms with E-state index in [-0.39, 0.29) is 17.2 Å². The van der Waals surface area contributed by atoms with Gasteiger partial charge in [0.1, 0.15) is 18.5 Å². The molecule has 0 amide bonds. The molecule has 13 heteroatoms. The second kappa shape index (κ2) is 12.9. The maximum Gasteiger partial charge on any atom is 0.338 e. The fourth-order valence-electron chi connectivity index (χ4n) is 4.49. The molecule has 8 nitrogen and oxygen atoms in total. The number of halogens is 4. The summed E-state index contributed by atoms with van der Waals surface area (Å²) in [6.07, 6.45) is 0. The number of nitrogens with zero attached hydrogens (tertiary/aromatic N) is 3. The van der Waals surface area contributed by atoms with Crippen LogP contribution in [0, 0.1) is 5.82 Å². The molecule has 1 aliphatic heterocycles. The second-order valence-corrected chi connectivity index (χ2v) is 11.7. The average Bonchev–Trinajstić information content (AvgIpc) is 3.38. The predicted molar refractivity (Wildman–Crippen MR) is 164 cm³/mol. The highest BCUT2D eigenvalue weighted by atomic mass is 79.9. The van der Waals surface area contributed by atoms with Crippen LogP contribution in [0.3, 0.4) is 0 Å². The highest BCUT2D eigenvalue weighted by Gasteiger charge is 2.36. The Morgan fingerprint density at radius 2 is 1.90 bits per heavy atom. The van der Waals surface area contributed by atoms with E-state index in [4.69, 9.17) is 42.5 Å². The van der Waals surface area contributed by atoms with E-state index in [1.54, 1.807) is 29.8 Å². The zero-order valence-corrected chi connectivity index (χ0v) is 26.5.